The number of benzene rings is 1. The summed E-state index contributed by atoms with van der Waals surface area (Å²) in [6, 6.07) is 4.57. The first kappa shape index (κ1) is 10.7. The molecular weight excluding hydrogens is 205 g/mol. The zero-order valence-electron chi connectivity index (χ0n) is 7.62. The monoisotopic (exact) mass is 215 g/mol. The summed E-state index contributed by atoms with van der Waals surface area (Å²) in [5.41, 5.74) is 0.314. The van der Waals surface area contributed by atoms with Crippen LogP contribution in [0.1, 0.15) is 6.92 Å². The van der Waals surface area contributed by atoms with E-state index >= 15 is 0 Å². The molecule has 1 aromatic rings. The van der Waals surface area contributed by atoms with Crippen LogP contribution < -0.4 is 4.72 Å². The van der Waals surface area contributed by atoms with Crippen molar-refractivity contribution in [2.24, 2.45) is 0 Å². The average molecular weight is 215 g/mol. The lowest BCUT2D eigenvalue weighted by atomic mass is 10.4. The molecule has 0 heterocycles. The molecule has 0 saturated heterocycles. The molecule has 0 bridgehead atoms. The maximum absolute atomic E-state index is 12.5. The van der Waals surface area contributed by atoms with Crippen LogP contribution >= 0.6 is 0 Å². The minimum absolute atomic E-state index is 0.0156. The lowest BCUT2D eigenvalue weighted by Gasteiger charge is -2.06. The summed E-state index contributed by atoms with van der Waals surface area (Å²) in [7, 11) is -3.59. The normalized spacial score (nSPS) is 11.0. The van der Waals surface area contributed by atoms with E-state index in [-0.39, 0.29) is 4.90 Å². The molecule has 0 amide bonds. The van der Waals surface area contributed by atoms with E-state index in [4.69, 9.17) is 0 Å². The Bertz CT molecular complexity index is 436. The van der Waals surface area contributed by atoms with Gasteiger partial charge in [-0.2, -0.15) is 0 Å². The van der Waals surface area contributed by atoms with Gasteiger partial charge in [-0.05, 0) is 31.2 Å². The predicted octanol–water partition coefficient (Wildman–Crippen LogP) is 1.64. The molecule has 0 aromatic heterocycles. The summed E-state index contributed by atoms with van der Waals surface area (Å²) in [4.78, 5) is 0.0156. The highest BCUT2D eigenvalue weighted by molar-refractivity contribution is 7.89. The fraction of sp³-hybridized carbons (Fsp3) is 0.111. The van der Waals surface area contributed by atoms with E-state index in [1.54, 1.807) is 0 Å². The van der Waals surface area contributed by atoms with E-state index in [9.17, 15) is 12.8 Å². The van der Waals surface area contributed by atoms with Gasteiger partial charge >= 0.3 is 0 Å². The van der Waals surface area contributed by atoms with Crippen molar-refractivity contribution in [3.05, 3.63) is 42.4 Å². The molecule has 5 heteroatoms. The average Bonchev–Trinajstić information content (AvgIpc) is 2.02. The van der Waals surface area contributed by atoms with Gasteiger partial charge in [0.15, 0.2) is 0 Å². The van der Waals surface area contributed by atoms with Crippen molar-refractivity contribution in [3.8, 4) is 0 Å². The quantitative estimate of drug-likeness (QED) is 0.833. The number of allylic oxidation sites excluding steroid dienone is 1. The number of hydrogen-bond acceptors (Lipinski definition) is 2. The third kappa shape index (κ3) is 2.56. The predicted molar refractivity (Wildman–Crippen MR) is 51.5 cm³/mol. The first-order chi connectivity index (χ1) is 6.42. The van der Waals surface area contributed by atoms with Crippen LogP contribution in [0.5, 0.6) is 0 Å². The first-order valence-electron chi connectivity index (χ1n) is 3.86. The van der Waals surface area contributed by atoms with Gasteiger partial charge in [0.1, 0.15) is 5.82 Å². The minimum atomic E-state index is -3.59. The van der Waals surface area contributed by atoms with Gasteiger partial charge in [-0.15, -0.1) is 0 Å². The summed E-state index contributed by atoms with van der Waals surface area (Å²) in [6.45, 7) is 4.95. The van der Waals surface area contributed by atoms with Crippen LogP contribution in [-0.2, 0) is 10.0 Å². The second-order valence-electron chi connectivity index (χ2n) is 2.84. The van der Waals surface area contributed by atoms with E-state index in [0.717, 1.165) is 12.1 Å². The second-order valence-corrected chi connectivity index (χ2v) is 4.52. The summed E-state index contributed by atoms with van der Waals surface area (Å²) in [5.74, 6) is -0.473. The molecule has 0 aliphatic carbocycles. The molecule has 1 N–H and O–H groups in total. The molecule has 0 radical (unpaired) electrons. The van der Waals surface area contributed by atoms with Crippen molar-refractivity contribution in [1.29, 1.82) is 0 Å². The highest BCUT2D eigenvalue weighted by Crippen LogP contribution is 2.10. The van der Waals surface area contributed by atoms with Crippen LogP contribution in [0.15, 0.2) is 41.4 Å². The molecule has 0 unspecified atom stereocenters. The second kappa shape index (κ2) is 3.79. The van der Waals surface area contributed by atoms with Gasteiger partial charge in [-0.1, -0.05) is 6.58 Å². The number of halogens is 1. The summed E-state index contributed by atoms with van der Waals surface area (Å²) in [6.07, 6.45) is 0. The zero-order chi connectivity index (χ0) is 10.8. The Morgan fingerprint density at radius 1 is 1.36 bits per heavy atom. The number of hydrogen-bond donors (Lipinski definition) is 1. The van der Waals surface area contributed by atoms with Gasteiger partial charge < -0.3 is 0 Å². The Kier molecular flexibility index (Phi) is 2.90. The van der Waals surface area contributed by atoms with Gasteiger partial charge in [0, 0.05) is 5.70 Å². The molecule has 0 atom stereocenters. The molecule has 0 aliphatic rings. The van der Waals surface area contributed by atoms with Crippen LogP contribution in [0, 0.1) is 5.82 Å². The van der Waals surface area contributed by atoms with E-state index < -0.39 is 15.8 Å². The van der Waals surface area contributed by atoms with Gasteiger partial charge in [0.05, 0.1) is 4.90 Å². The van der Waals surface area contributed by atoms with Crippen molar-refractivity contribution in [3.63, 3.8) is 0 Å². The molecule has 14 heavy (non-hydrogen) atoms. The summed E-state index contributed by atoms with van der Waals surface area (Å²) in [5, 5.41) is 0. The van der Waals surface area contributed by atoms with Gasteiger partial charge in [0.25, 0.3) is 10.0 Å². The standard InChI is InChI=1S/C9H10FNO2S/c1-7(2)11-14(12,13)9-5-3-8(10)4-6-9/h3-6,11H,1H2,2H3. The first-order valence-corrected chi connectivity index (χ1v) is 5.34. The van der Waals surface area contributed by atoms with Gasteiger partial charge in [-0.25, -0.2) is 12.8 Å². The maximum atomic E-state index is 12.5. The molecule has 1 aromatic carbocycles. The van der Waals surface area contributed by atoms with Crippen LogP contribution in [0.25, 0.3) is 0 Å². The fourth-order valence-electron chi connectivity index (χ4n) is 0.902. The van der Waals surface area contributed by atoms with E-state index in [1.807, 2.05) is 0 Å². The van der Waals surface area contributed by atoms with Crippen molar-refractivity contribution >= 4 is 10.0 Å². The van der Waals surface area contributed by atoms with Crippen molar-refractivity contribution < 1.29 is 12.8 Å². The lowest BCUT2D eigenvalue weighted by Crippen LogP contribution is -2.21. The number of sulfonamides is 1. The molecule has 76 valence electrons. The Labute approximate surface area is 82.3 Å². The van der Waals surface area contributed by atoms with E-state index in [0.29, 0.717) is 5.70 Å². The minimum Gasteiger partial charge on any atom is -0.284 e. The topological polar surface area (TPSA) is 46.2 Å². The molecule has 0 aliphatic heterocycles. The van der Waals surface area contributed by atoms with Crippen molar-refractivity contribution in [2.45, 2.75) is 11.8 Å². The highest BCUT2D eigenvalue weighted by Gasteiger charge is 2.12. The van der Waals surface area contributed by atoms with E-state index in [2.05, 4.69) is 11.3 Å². The smallest absolute Gasteiger partial charge is 0.261 e. The largest absolute Gasteiger partial charge is 0.284 e. The Morgan fingerprint density at radius 3 is 2.29 bits per heavy atom. The molecule has 0 saturated carbocycles. The van der Waals surface area contributed by atoms with Gasteiger partial charge in [0.2, 0.25) is 0 Å². The van der Waals surface area contributed by atoms with Crippen LogP contribution in [0.4, 0.5) is 4.39 Å². The Balaban J connectivity index is 3.05. The van der Waals surface area contributed by atoms with Crippen LogP contribution in [0.2, 0.25) is 0 Å². The molecule has 3 nitrogen and oxygen atoms in total. The molecular formula is C9H10FNO2S. The SMILES string of the molecule is C=C(C)NS(=O)(=O)c1ccc(F)cc1. The lowest BCUT2D eigenvalue weighted by molar-refractivity contribution is 0.587. The van der Waals surface area contributed by atoms with Crippen LogP contribution in [-0.4, -0.2) is 8.42 Å². The molecule has 0 spiro atoms. The van der Waals surface area contributed by atoms with Crippen molar-refractivity contribution in [2.75, 3.05) is 0 Å². The zero-order valence-corrected chi connectivity index (χ0v) is 8.44. The fourth-order valence-corrected chi connectivity index (χ4v) is 1.97. The Hall–Kier alpha value is -1.36. The van der Waals surface area contributed by atoms with Crippen LogP contribution in [0.3, 0.4) is 0 Å². The van der Waals surface area contributed by atoms with E-state index in [1.165, 1.54) is 19.1 Å². The third-order valence-electron chi connectivity index (χ3n) is 1.43. The highest BCUT2D eigenvalue weighted by atomic mass is 32.2. The number of nitrogens with one attached hydrogen (secondary N) is 1. The maximum Gasteiger partial charge on any atom is 0.261 e. The third-order valence-corrected chi connectivity index (χ3v) is 2.94. The van der Waals surface area contributed by atoms with Gasteiger partial charge in [-0.3, -0.25) is 4.72 Å². The molecule has 1 rings (SSSR count). The number of rotatable bonds is 3. The summed E-state index contributed by atoms with van der Waals surface area (Å²) >= 11 is 0. The summed E-state index contributed by atoms with van der Waals surface area (Å²) < 4.78 is 37.6. The molecule has 0 fully saturated rings. The van der Waals surface area contributed by atoms with Crippen molar-refractivity contribution in [1.82, 2.24) is 4.72 Å². The Morgan fingerprint density at radius 2 is 1.86 bits per heavy atom.